The number of aromatic amines is 1. The van der Waals surface area contributed by atoms with Crippen LogP contribution in [-0.2, 0) is 0 Å². The number of H-pyrrole nitrogens is 1. The highest BCUT2D eigenvalue weighted by atomic mass is 79.9. The standard InChI is InChI=1S/C11H8BrNO3/c1-5-2-9-6(3-8(5)12)10(14)7(4-13-9)11(15)16/h2-4H,1H3,(H,13,14)(H,15,16). The molecule has 2 N–H and O–H groups in total. The van der Waals surface area contributed by atoms with Crippen LogP contribution in [0.15, 0.2) is 27.6 Å². The summed E-state index contributed by atoms with van der Waals surface area (Å²) in [6.07, 6.45) is 1.22. The smallest absolute Gasteiger partial charge is 0.341 e. The van der Waals surface area contributed by atoms with E-state index in [0.717, 1.165) is 10.0 Å². The van der Waals surface area contributed by atoms with Gasteiger partial charge in [0, 0.05) is 21.6 Å². The van der Waals surface area contributed by atoms with Gasteiger partial charge in [-0.3, -0.25) is 4.79 Å². The lowest BCUT2D eigenvalue weighted by molar-refractivity contribution is 0.0695. The molecule has 16 heavy (non-hydrogen) atoms. The Bertz CT molecular complexity index is 645. The number of fused-ring (bicyclic) bond motifs is 1. The fourth-order valence-corrected chi connectivity index (χ4v) is 1.85. The summed E-state index contributed by atoms with van der Waals surface area (Å²) in [5.41, 5.74) is 0.895. The van der Waals surface area contributed by atoms with E-state index in [1.165, 1.54) is 6.20 Å². The van der Waals surface area contributed by atoms with E-state index in [4.69, 9.17) is 5.11 Å². The molecular weight excluding hydrogens is 274 g/mol. The molecule has 82 valence electrons. The van der Waals surface area contributed by atoms with E-state index < -0.39 is 11.4 Å². The van der Waals surface area contributed by atoms with E-state index >= 15 is 0 Å². The Morgan fingerprint density at radius 3 is 2.75 bits per heavy atom. The van der Waals surface area contributed by atoms with Crippen LogP contribution in [0.4, 0.5) is 0 Å². The third kappa shape index (κ3) is 1.63. The maximum Gasteiger partial charge on any atom is 0.341 e. The van der Waals surface area contributed by atoms with Crippen LogP contribution in [0.2, 0.25) is 0 Å². The predicted molar refractivity (Wildman–Crippen MR) is 64.0 cm³/mol. The van der Waals surface area contributed by atoms with Gasteiger partial charge in [0.05, 0.1) is 0 Å². The molecule has 0 aliphatic carbocycles. The Kier molecular flexibility index (Phi) is 2.55. The number of aromatic nitrogens is 1. The number of halogens is 1. The van der Waals surface area contributed by atoms with Gasteiger partial charge >= 0.3 is 5.97 Å². The fraction of sp³-hybridized carbons (Fsp3) is 0.0909. The SMILES string of the molecule is Cc1cc2[nH]cc(C(=O)O)c(=O)c2cc1Br. The summed E-state index contributed by atoms with van der Waals surface area (Å²) < 4.78 is 0.785. The van der Waals surface area contributed by atoms with E-state index in [1.54, 1.807) is 12.1 Å². The van der Waals surface area contributed by atoms with Crippen molar-refractivity contribution in [3.05, 3.63) is 44.2 Å². The lowest BCUT2D eigenvalue weighted by atomic mass is 10.1. The Morgan fingerprint density at radius 1 is 1.44 bits per heavy atom. The Balaban J connectivity index is 2.90. The maximum absolute atomic E-state index is 11.8. The van der Waals surface area contributed by atoms with Gasteiger partial charge in [0.2, 0.25) is 5.43 Å². The summed E-state index contributed by atoms with van der Waals surface area (Å²) in [4.78, 5) is 25.4. The molecule has 0 aliphatic heterocycles. The summed E-state index contributed by atoms with van der Waals surface area (Å²) in [5, 5.41) is 9.19. The summed E-state index contributed by atoms with van der Waals surface area (Å²) in [7, 11) is 0. The van der Waals surface area contributed by atoms with Gasteiger partial charge in [-0.15, -0.1) is 0 Å². The maximum atomic E-state index is 11.8. The van der Waals surface area contributed by atoms with Crippen LogP contribution < -0.4 is 5.43 Å². The molecule has 0 radical (unpaired) electrons. The van der Waals surface area contributed by atoms with Crippen LogP contribution in [0.1, 0.15) is 15.9 Å². The van der Waals surface area contributed by atoms with Crippen LogP contribution in [0.5, 0.6) is 0 Å². The molecule has 0 saturated heterocycles. The quantitative estimate of drug-likeness (QED) is 0.843. The molecular formula is C11H8BrNO3. The molecule has 0 amide bonds. The molecule has 5 heteroatoms. The number of carbonyl (C=O) groups is 1. The zero-order valence-corrected chi connectivity index (χ0v) is 9.96. The van der Waals surface area contributed by atoms with Crippen LogP contribution in [-0.4, -0.2) is 16.1 Å². The minimum absolute atomic E-state index is 0.247. The van der Waals surface area contributed by atoms with E-state index in [0.29, 0.717) is 10.9 Å². The molecule has 0 unspecified atom stereocenters. The first kappa shape index (κ1) is 10.9. The van der Waals surface area contributed by atoms with Crippen molar-refractivity contribution in [1.82, 2.24) is 4.98 Å². The summed E-state index contributed by atoms with van der Waals surface area (Å²) in [6, 6.07) is 3.43. The lowest BCUT2D eigenvalue weighted by Crippen LogP contribution is -2.15. The van der Waals surface area contributed by atoms with Crippen molar-refractivity contribution >= 4 is 32.8 Å². The molecule has 1 heterocycles. The van der Waals surface area contributed by atoms with Crippen LogP contribution >= 0.6 is 15.9 Å². The number of benzene rings is 1. The summed E-state index contributed by atoms with van der Waals surface area (Å²) in [5.74, 6) is -1.22. The number of aryl methyl sites for hydroxylation is 1. The zero-order valence-electron chi connectivity index (χ0n) is 8.37. The molecule has 0 fully saturated rings. The topological polar surface area (TPSA) is 70.2 Å². The second kappa shape index (κ2) is 3.75. The van der Waals surface area contributed by atoms with Gasteiger partial charge in [-0.25, -0.2) is 4.79 Å². The van der Waals surface area contributed by atoms with Gasteiger partial charge in [0.25, 0.3) is 0 Å². The average Bonchev–Trinajstić information content (AvgIpc) is 2.21. The van der Waals surface area contributed by atoms with E-state index in [-0.39, 0.29) is 5.56 Å². The largest absolute Gasteiger partial charge is 0.477 e. The third-order valence-corrected chi connectivity index (χ3v) is 3.24. The van der Waals surface area contributed by atoms with E-state index in [2.05, 4.69) is 20.9 Å². The van der Waals surface area contributed by atoms with Crippen molar-refractivity contribution in [2.24, 2.45) is 0 Å². The molecule has 0 aliphatic rings. The number of rotatable bonds is 1. The zero-order chi connectivity index (χ0) is 11.9. The van der Waals surface area contributed by atoms with Crippen LogP contribution in [0.25, 0.3) is 10.9 Å². The van der Waals surface area contributed by atoms with Crippen molar-refractivity contribution in [3.8, 4) is 0 Å². The van der Waals surface area contributed by atoms with Gasteiger partial charge in [0.15, 0.2) is 0 Å². The predicted octanol–water partition coefficient (Wildman–Crippen LogP) is 2.30. The molecule has 4 nitrogen and oxygen atoms in total. The monoisotopic (exact) mass is 281 g/mol. The molecule has 0 bridgehead atoms. The summed E-state index contributed by atoms with van der Waals surface area (Å²) in [6.45, 7) is 1.90. The normalized spacial score (nSPS) is 10.6. The van der Waals surface area contributed by atoms with Gasteiger partial charge in [0.1, 0.15) is 5.56 Å². The average molecular weight is 282 g/mol. The first-order valence-corrected chi connectivity index (χ1v) is 5.35. The van der Waals surface area contributed by atoms with Crippen molar-refractivity contribution in [2.75, 3.05) is 0 Å². The highest BCUT2D eigenvalue weighted by molar-refractivity contribution is 9.10. The van der Waals surface area contributed by atoms with Crippen molar-refractivity contribution < 1.29 is 9.90 Å². The molecule has 0 atom stereocenters. The summed E-state index contributed by atoms with van der Waals surface area (Å²) >= 11 is 3.31. The fourth-order valence-electron chi connectivity index (χ4n) is 1.51. The van der Waals surface area contributed by atoms with Gasteiger partial charge in [-0.05, 0) is 24.6 Å². The van der Waals surface area contributed by atoms with E-state index in [1.807, 2.05) is 6.92 Å². The minimum atomic E-state index is -1.22. The van der Waals surface area contributed by atoms with Gasteiger partial charge < -0.3 is 10.1 Å². The molecule has 1 aromatic carbocycles. The molecule has 0 spiro atoms. The number of carboxylic acid groups (broad SMARTS) is 1. The van der Waals surface area contributed by atoms with Crippen molar-refractivity contribution in [3.63, 3.8) is 0 Å². The molecule has 0 saturated carbocycles. The second-order valence-corrected chi connectivity index (χ2v) is 4.34. The number of hydrogen-bond donors (Lipinski definition) is 2. The highest BCUT2D eigenvalue weighted by Crippen LogP contribution is 2.20. The molecule has 1 aromatic heterocycles. The minimum Gasteiger partial charge on any atom is -0.477 e. The third-order valence-electron chi connectivity index (χ3n) is 2.39. The number of pyridine rings is 1. The van der Waals surface area contributed by atoms with Crippen LogP contribution in [0, 0.1) is 6.92 Å². The lowest BCUT2D eigenvalue weighted by Gasteiger charge is -2.03. The molecule has 2 rings (SSSR count). The first-order chi connectivity index (χ1) is 7.50. The number of nitrogens with one attached hydrogen (secondary N) is 1. The van der Waals surface area contributed by atoms with Gasteiger partial charge in [-0.1, -0.05) is 15.9 Å². The Hall–Kier alpha value is -1.62. The first-order valence-electron chi connectivity index (χ1n) is 4.55. The Labute approximate surface area is 99.0 Å². The van der Waals surface area contributed by atoms with Crippen LogP contribution in [0.3, 0.4) is 0 Å². The number of carboxylic acids is 1. The van der Waals surface area contributed by atoms with Crippen molar-refractivity contribution in [1.29, 1.82) is 0 Å². The Morgan fingerprint density at radius 2 is 2.12 bits per heavy atom. The second-order valence-electron chi connectivity index (χ2n) is 3.48. The molecule has 2 aromatic rings. The number of aromatic carboxylic acids is 1. The number of hydrogen-bond acceptors (Lipinski definition) is 2. The van der Waals surface area contributed by atoms with Gasteiger partial charge in [-0.2, -0.15) is 0 Å². The van der Waals surface area contributed by atoms with E-state index in [9.17, 15) is 9.59 Å². The highest BCUT2D eigenvalue weighted by Gasteiger charge is 2.12. The van der Waals surface area contributed by atoms with Crippen molar-refractivity contribution in [2.45, 2.75) is 6.92 Å².